The van der Waals surface area contributed by atoms with Gasteiger partial charge in [0, 0.05) is 22.2 Å². The molecule has 1 fully saturated rings. The van der Waals surface area contributed by atoms with Crippen molar-refractivity contribution >= 4 is 41.0 Å². The molecule has 7 nitrogen and oxygen atoms in total. The van der Waals surface area contributed by atoms with Crippen molar-refractivity contribution in [2.75, 3.05) is 6.54 Å². The monoisotopic (exact) mass is 636 g/mol. The zero-order chi connectivity index (χ0) is 31.6. The van der Waals surface area contributed by atoms with Gasteiger partial charge in [-0.2, -0.15) is 0 Å². The van der Waals surface area contributed by atoms with Crippen molar-refractivity contribution in [2.45, 2.75) is 82.6 Å². The Morgan fingerprint density at radius 1 is 0.977 bits per heavy atom. The maximum Gasteiger partial charge on any atom is 0.338 e. The molecular formula is C35H38Cl2N2O5. The quantitative estimate of drug-likeness (QED) is 0.275. The van der Waals surface area contributed by atoms with Crippen molar-refractivity contribution in [3.8, 4) is 0 Å². The van der Waals surface area contributed by atoms with E-state index in [4.69, 9.17) is 27.9 Å². The van der Waals surface area contributed by atoms with Crippen LogP contribution in [-0.4, -0.2) is 52.1 Å². The largest absolute Gasteiger partial charge is 0.456 e. The van der Waals surface area contributed by atoms with Crippen LogP contribution in [0.15, 0.2) is 66.7 Å². The number of fused-ring (bicyclic) bond motifs is 1. The first-order chi connectivity index (χ1) is 20.9. The number of nitrogens with zero attached hydrogens (tertiary/aromatic N) is 1. The van der Waals surface area contributed by atoms with E-state index in [0.29, 0.717) is 58.1 Å². The number of aliphatic hydroxyl groups is 1. The molecule has 9 heteroatoms. The molecule has 232 valence electrons. The normalized spacial score (nSPS) is 21.9. The highest BCUT2D eigenvalue weighted by atomic mass is 35.5. The van der Waals surface area contributed by atoms with Gasteiger partial charge in [0.05, 0.1) is 29.7 Å². The fourth-order valence-electron chi connectivity index (χ4n) is 6.32. The van der Waals surface area contributed by atoms with E-state index in [1.807, 2.05) is 39.0 Å². The van der Waals surface area contributed by atoms with Crippen molar-refractivity contribution in [2.24, 2.45) is 0 Å². The lowest BCUT2D eigenvalue weighted by atomic mass is 9.76. The number of carbonyl (C=O) groups excluding carboxylic acids is 3. The maximum absolute atomic E-state index is 14.2. The molecule has 1 heterocycles. The molecule has 2 N–H and O–H groups in total. The highest BCUT2D eigenvalue weighted by Crippen LogP contribution is 2.47. The van der Waals surface area contributed by atoms with E-state index in [9.17, 15) is 19.5 Å². The van der Waals surface area contributed by atoms with E-state index in [-0.39, 0.29) is 11.8 Å². The van der Waals surface area contributed by atoms with Crippen LogP contribution >= 0.6 is 23.2 Å². The number of amides is 2. The molecule has 44 heavy (non-hydrogen) atoms. The number of ether oxygens (including phenoxy) is 1. The molecule has 2 amide bonds. The van der Waals surface area contributed by atoms with Gasteiger partial charge < -0.3 is 20.1 Å². The molecular weight excluding hydrogens is 599 g/mol. The van der Waals surface area contributed by atoms with Crippen molar-refractivity contribution < 1.29 is 24.2 Å². The molecule has 2 aliphatic rings. The zero-order valence-electron chi connectivity index (χ0n) is 25.2. The van der Waals surface area contributed by atoms with Crippen molar-refractivity contribution in [1.82, 2.24) is 10.2 Å². The molecule has 0 spiro atoms. The number of hydrogen-bond acceptors (Lipinski definition) is 5. The Labute approximate surface area is 268 Å². The second-order valence-electron chi connectivity index (χ2n) is 12.6. The minimum atomic E-state index is -0.787. The van der Waals surface area contributed by atoms with Gasteiger partial charge in [0.25, 0.3) is 5.91 Å². The van der Waals surface area contributed by atoms with Gasteiger partial charge in [-0.15, -0.1) is 0 Å². The topological polar surface area (TPSA) is 95.9 Å². The van der Waals surface area contributed by atoms with Crippen LogP contribution in [-0.2, 0) is 16.0 Å². The summed E-state index contributed by atoms with van der Waals surface area (Å²) in [5.74, 6) is -1.69. The summed E-state index contributed by atoms with van der Waals surface area (Å²) in [6.07, 6.45) is 2.71. The Bertz CT molecular complexity index is 1550. The fraction of sp³-hybridized carbons (Fsp3) is 0.400. The van der Waals surface area contributed by atoms with Gasteiger partial charge in [0.1, 0.15) is 5.60 Å². The number of carbonyl (C=O) groups is 3. The first-order valence-corrected chi connectivity index (χ1v) is 15.8. The molecule has 0 saturated heterocycles. The lowest BCUT2D eigenvalue weighted by Gasteiger charge is -2.48. The van der Waals surface area contributed by atoms with E-state index >= 15 is 0 Å². The lowest BCUT2D eigenvalue weighted by molar-refractivity contribution is -0.125. The summed E-state index contributed by atoms with van der Waals surface area (Å²) in [5, 5.41) is 15.0. The second kappa shape index (κ2) is 13.3. The summed E-state index contributed by atoms with van der Waals surface area (Å²) in [6.45, 7) is 5.77. The Hall–Kier alpha value is -3.39. The van der Waals surface area contributed by atoms with Gasteiger partial charge in [-0.1, -0.05) is 72.4 Å². The summed E-state index contributed by atoms with van der Waals surface area (Å²) in [6, 6.07) is 18.2. The molecule has 3 aromatic rings. The third-order valence-electron chi connectivity index (χ3n) is 8.27. The summed E-state index contributed by atoms with van der Waals surface area (Å²) >= 11 is 13.0. The van der Waals surface area contributed by atoms with Gasteiger partial charge in [-0.05, 0) is 87.1 Å². The number of esters is 1. The van der Waals surface area contributed by atoms with Crippen LogP contribution in [0, 0.1) is 0 Å². The Morgan fingerprint density at radius 2 is 1.73 bits per heavy atom. The van der Waals surface area contributed by atoms with Gasteiger partial charge in [-0.25, -0.2) is 4.79 Å². The average molecular weight is 638 g/mol. The summed E-state index contributed by atoms with van der Waals surface area (Å²) in [4.78, 5) is 42.6. The van der Waals surface area contributed by atoms with Crippen LogP contribution < -0.4 is 5.32 Å². The van der Waals surface area contributed by atoms with E-state index in [0.717, 1.165) is 18.4 Å². The van der Waals surface area contributed by atoms with Gasteiger partial charge in [0.2, 0.25) is 5.91 Å². The number of nitrogens with one attached hydrogen (secondary N) is 1. The molecule has 0 radical (unpaired) electrons. The molecule has 4 atom stereocenters. The third-order valence-corrected chi connectivity index (χ3v) is 8.83. The van der Waals surface area contributed by atoms with E-state index < -0.39 is 35.7 Å². The molecule has 1 saturated carbocycles. The standard InChI is InChI=1S/C35H38Cl2N2O5/c1-35(2,3)44-34(43)22-10-8-9-21(19-22)17-18-38-32(41)30-24-11-4-5-12-25(24)33(42)39(28-13-6-7-14-29(28)40)31(30)26-16-15-23(36)20-27(26)37/h4-5,8-12,15-16,19-20,28-31,40H,6-7,13-14,17-18H2,1-3H3,(H,38,41)/t28-,29-,30+,31-/m0/s1. The predicted octanol–water partition coefficient (Wildman–Crippen LogP) is 6.89. The average Bonchev–Trinajstić information content (AvgIpc) is 2.97. The van der Waals surface area contributed by atoms with E-state index in [1.54, 1.807) is 53.4 Å². The SMILES string of the molecule is CC(C)(C)OC(=O)c1cccc(CCNC(=O)[C@@H]2c3ccccc3C(=O)N([C@H]3CCCC[C@@H]3O)[C@H]2c2ccc(Cl)cc2Cl)c1. The van der Waals surface area contributed by atoms with Crippen LogP contribution in [0.4, 0.5) is 0 Å². The molecule has 0 aromatic heterocycles. The smallest absolute Gasteiger partial charge is 0.338 e. The molecule has 5 rings (SSSR count). The lowest BCUT2D eigenvalue weighted by Crippen LogP contribution is -2.55. The first kappa shape index (κ1) is 32.0. The second-order valence-corrected chi connectivity index (χ2v) is 13.4. The van der Waals surface area contributed by atoms with Gasteiger partial charge in [-0.3, -0.25) is 9.59 Å². The third kappa shape index (κ3) is 6.96. The van der Waals surface area contributed by atoms with Crippen LogP contribution in [0.1, 0.15) is 95.8 Å². The fourth-order valence-corrected chi connectivity index (χ4v) is 6.84. The Kier molecular flexibility index (Phi) is 9.68. The molecule has 0 unspecified atom stereocenters. The van der Waals surface area contributed by atoms with E-state index in [2.05, 4.69) is 5.32 Å². The summed E-state index contributed by atoms with van der Waals surface area (Å²) in [7, 11) is 0. The number of benzene rings is 3. The summed E-state index contributed by atoms with van der Waals surface area (Å²) in [5.41, 5.74) is 2.36. The first-order valence-electron chi connectivity index (χ1n) is 15.1. The van der Waals surface area contributed by atoms with Crippen LogP contribution in [0.2, 0.25) is 10.0 Å². The van der Waals surface area contributed by atoms with Crippen LogP contribution in [0.3, 0.4) is 0 Å². The van der Waals surface area contributed by atoms with Gasteiger partial charge in [0.15, 0.2) is 0 Å². The van der Waals surface area contributed by atoms with Gasteiger partial charge >= 0.3 is 5.97 Å². The number of hydrogen-bond donors (Lipinski definition) is 2. The maximum atomic E-state index is 14.2. The minimum Gasteiger partial charge on any atom is -0.456 e. The highest BCUT2D eigenvalue weighted by molar-refractivity contribution is 6.35. The summed E-state index contributed by atoms with van der Waals surface area (Å²) < 4.78 is 5.50. The number of rotatable bonds is 7. The molecule has 1 aliphatic carbocycles. The van der Waals surface area contributed by atoms with Crippen LogP contribution in [0.5, 0.6) is 0 Å². The Balaban J connectivity index is 1.46. The van der Waals surface area contributed by atoms with Crippen molar-refractivity contribution in [1.29, 1.82) is 0 Å². The molecule has 1 aliphatic heterocycles. The number of aliphatic hydroxyl groups excluding tert-OH is 1. The minimum absolute atomic E-state index is 0.231. The van der Waals surface area contributed by atoms with Crippen molar-refractivity contribution in [3.63, 3.8) is 0 Å². The van der Waals surface area contributed by atoms with Crippen molar-refractivity contribution in [3.05, 3.63) is 105 Å². The highest BCUT2D eigenvalue weighted by Gasteiger charge is 2.48. The molecule has 0 bridgehead atoms. The van der Waals surface area contributed by atoms with E-state index in [1.165, 1.54) is 0 Å². The molecule has 3 aromatic carbocycles. The van der Waals surface area contributed by atoms with Crippen LogP contribution in [0.25, 0.3) is 0 Å². The zero-order valence-corrected chi connectivity index (χ0v) is 26.7. The predicted molar refractivity (Wildman–Crippen MR) is 171 cm³/mol. The Morgan fingerprint density at radius 3 is 2.45 bits per heavy atom. The number of halogens is 2.